The summed E-state index contributed by atoms with van der Waals surface area (Å²) in [6.07, 6.45) is -1.56. The summed E-state index contributed by atoms with van der Waals surface area (Å²) in [6, 6.07) is 12.9. The van der Waals surface area contributed by atoms with E-state index in [0.717, 1.165) is 22.0 Å². The van der Waals surface area contributed by atoms with Crippen LogP contribution in [0.4, 0.5) is 10.5 Å². The van der Waals surface area contributed by atoms with Crippen molar-refractivity contribution in [3.05, 3.63) is 70.3 Å². The van der Waals surface area contributed by atoms with Gasteiger partial charge in [-0.15, -0.1) is 0 Å². The number of carbonyl (C=O) groups is 1. The lowest BCUT2D eigenvalue weighted by Crippen LogP contribution is -2.51. The number of aliphatic hydroxyl groups is 1. The van der Waals surface area contributed by atoms with Crippen LogP contribution < -0.4 is 5.32 Å². The van der Waals surface area contributed by atoms with Gasteiger partial charge in [0.2, 0.25) is 10.0 Å². The molecule has 216 valence electrons. The summed E-state index contributed by atoms with van der Waals surface area (Å²) in [5, 5.41) is 24.9. The van der Waals surface area contributed by atoms with E-state index in [9.17, 15) is 28.4 Å². The summed E-state index contributed by atoms with van der Waals surface area (Å²) >= 11 is 0. The Bertz CT molecular complexity index is 1140. The first-order valence-electron chi connectivity index (χ1n) is 13.1. The predicted octanol–water partition coefficient (Wildman–Crippen LogP) is 3.76. The molecule has 2 aromatic rings. The first kappa shape index (κ1) is 32.2. The molecular formula is C27H39N3O8S. The number of aliphatic hydroxyl groups excluding tert-OH is 1. The number of rotatable bonds is 12. The second-order valence-electron chi connectivity index (χ2n) is 9.37. The Labute approximate surface area is 230 Å². The molecule has 3 rings (SSSR count). The van der Waals surface area contributed by atoms with Gasteiger partial charge in [-0.25, -0.2) is 13.2 Å². The maximum absolute atomic E-state index is 13.4. The van der Waals surface area contributed by atoms with E-state index in [1.54, 1.807) is 0 Å². The van der Waals surface area contributed by atoms with E-state index >= 15 is 0 Å². The van der Waals surface area contributed by atoms with E-state index in [1.807, 2.05) is 58.0 Å². The maximum Gasteiger partial charge on any atom is 0.407 e. The third-order valence-corrected chi connectivity index (χ3v) is 7.72. The largest absolute Gasteiger partial charge is 0.444 e. The molecule has 2 N–H and O–H groups in total. The van der Waals surface area contributed by atoms with Crippen LogP contribution in [0, 0.1) is 16.0 Å². The van der Waals surface area contributed by atoms with Gasteiger partial charge in [0.1, 0.15) is 6.10 Å². The summed E-state index contributed by atoms with van der Waals surface area (Å²) in [4.78, 5) is 22.8. The number of nitrogens with zero attached hydrogens (tertiary/aromatic N) is 2. The topological polar surface area (TPSA) is 148 Å². The summed E-state index contributed by atoms with van der Waals surface area (Å²) < 4.78 is 38.6. The summed E-state index contributed by atoms with van der Waals surface area (Å²) in [5.41, 5.74) is 0.609. The van der Waals surface area contributed by atoms with Crippen LogP contribution in [-0.2, 0) is 25.9 Å². The van der Waals surface area contributed by atoms with Crippen molar-refractivity contribution >= 4 is 21.8 Å². The highest BCUT2D eigenvalue weighted by atomic mass is 32.2. The molecule has 1 saturated heterocycles. The number of sulfonamides is 1. The highest BCUT2D eigenvalue weighted by Gasteiger charge is 2.32. The van der Waals surface area contributed by atoms with Crippen molar-refractivity contribution in [3.8, 4) is 0 Å². The Morgan fingerprint density at radius 2 is 1.79 bits per heavy atom. The van der Waals surface area contributed by atoms with Crippen molar-refractivity contribution in [3.63, 3.8) is 0 Å². The summed E-state index contributed by atoms with van der Waals surface area (Å²) in [7, 11) is -4.10. The molecule has 2 aromatic carbocycles. The van der Waals surface area contributed by atoms with Crippen molar-refractivity contribution in [1.29, 1.82) is 0 Å². The van der Waals surface area contributed by atoms with Crippen molar-refractivity contribution in [2.45, 2.75) is 63.7 Å². The lowest BCUT2D eigenvalue weighted by Gasteiger charge is -2.30. The average Bonchev–Trinajstić information content (AvgIpc) is 3.42. The van der Waals surface area contributed by atoms with Gasteiger partial charge in [0.15, 0.2) is 0 Å². The quantitative estimate of drug-likeness (QED) is 0.292. The number of nitro benzene ring substituents is 1. The van der Waals surface area contributed by atoms with Crippen LogP contribution in [0.1, 0.15) is 39.7 Å². The van der Waals surface area contributed by atoms with Crippen molar-refractivity contribution in [1.82, 2.24) is 9.62 Å². The molecule has 0 spiro atoms. The van der Waals surface area contributed by atoms with Gasteiger partial charge in [-0.05, 0) is 30.0 Å². The van der Waals surface area contributed by atoms with E-state index in [2.05, 4.69) is 5.32 Å². The first-order chi connectivity index (χ1) is 18.6. The van der Waals surface area contributed by atoms with Gasteiger partial charge in [0.05, 0.1) is 35.2 Å². The Hall–Kier alpha value is -3.06. The fraction of sp³-hybridized carbons (Fsp3) is 0.519. The monoisotopic (exact) mass is 565 g/mol. The van der Waals surface area contributed by atoms with Gasteiger partial charge < -0.3 is 19.9 Å². The highest BCUT2D eigenvalue weighted by molar-refractivity contribution is 7.89. The molecule has 12 heteroatoms. The summed E-state index contributed by atoms with van der Waals surface area (Å²) in [5.74, 6) is -0.0760. The minimum Gasteiger partial charge on any atom is -0.444 e. The van der Waals surface area contributed by atoms with Crippen LogP contribution in [0.2, 0.25) is 0 Å². The van der Waals surface area contributed by atoms with Crippen molar-refractivity contribution in [2.75, 3.05) is 26.3 Å². The number of ether oxygens (including phenoxy) is 2. The number of non-ortho nitro benzene ring substituents is 1. The van der Waals surface area contributed by atoms with Crippen molar-refractivity contribution < 1.29 is 32.7 Å². The molecule has 3 atom stereocenters. The number of hydrogen-bond donors (Lipinski definition) is 2. The first-order valence-corrected chi connectivity index (χ1v) is 14.5. The lowest BCUT2D eigenvalue weighted by molar-refractivity contribution is -0.384. The Morgan fingerprint density at radius 1 is 1.15 bits per heavy atom. The summed E-state index contributed by atoms with van der Waals surface area (Å²) in [6.45, 7) is 8.27. The van der Waals surface area contributed by atoms with Gasteiger partial charge >= 0.3 is 6.09 Å². The second-order valence-corrected chi connectivity index (χ2v) is 11.3. The number of nitrogens with one attached hydrogen (secondary N) is 1. The smallest absolute Gasteiger partial charge is 0.407 e. The van der Waals surface area contributed by atoms with Gasteiger partial charge in [-0.3, -0.25) is 10.1 Å². The van der Waals surface area contributed by atoms with Crippen molar-refractivity contribution in [2.24, 2.45) is 5.92 Å². The fourth-order valence-corrected chi connectivity index (χ4v) is 5.62. The third-order valence-electron chi connectivity index (χ3n) is 5.87. The molecule has 0 aromatic heterocycles. The number of alkyl carbamates (subject to hydrolysis) is 1. The van der Waals surface area contributed by atoms with Crippen LogP contribution in [0.5, 0.6) is 0 Å². The van der Waals surface area contributed by atoms with Crippen LogP contribution in [-0.4, -0.2) is 73.4 Å². The number of carbonyl (C=O) groups excluding carboxylic acids is 1. The van der Waals surface area contributed by atoms with E-state index < -0.39 is 33.2 Å². The molecule has 3 unspecified atom stereocenters. The zero-order valence-corrected chi connectivity index (χ0v) is 23.7. The minimum absolute atomic E-state index is 0.0760. The van der Waals surface area contributed by atoms with Gasteiger partial charge in [0, 0.05) is 31.6 Å². The average molecular weight is 566 g/mol. The van der Waals surface area contributed by atoms with E-state index in [-0.39, 0.29) is 42.1 Å². The predicted molar refractivity (Wildman–Crippen MR) is 147 cm³/mol. The van der Waals surface area contributed by atoms with Gasteiger partial charge in [-0.1, -0.05) is 58.0 Å². The molecule has 0 radical (unpaired) electrons. The Kier molecular flexibility index (Phi) is 12.8. The molecule has 0 aliphatic carbocycles. The van der Waals surface area contributed by atoms with E-state index in [4.69, 9.17) is 9.47 Å². The molecule has 1 aliphatic rings. The standard InChI is InChI=1S/C25H33N3O8S.C2H6/c1-18(2)15-27(37(33,34)22-10-8-20(9-11-22)28(31)32)16-24(29)23(14-19-6-4-3-5-7-19)26-25(30)36-21-12-13-35-17-21;1-2/h3-11,18,21,23-24,29H,12-17H2,1-2H3,(H,26,30);1-2H3. The van der Waals surface area contributed by atoms with Gasteiger partial charge in [0.25, 0.3) is 5.69 Å². The van der Waals surface area contributed by atoms with Crippen LogP contribution in [0.3, 0.4) is 0 Å². The SMILES string of the molecule is CC.CC(C)CN(CC(O)C(Cc1ccccc1)NC(=O)OC1CCOC1)S(=O)(=O)c1ccc([N+](=O)[O-])cc1. The minimum atomic E-state index is -4.10. The Morgan fingerprint density at radius 3 is 2.33 bits per heavy atom. The number of hydrogen-bond acceptors (Lipinski definition) is 8. The molecule has 0 bridgehead atoms. The van der Waals surface area contributed by atoms with Crippen LogP contribution in [0.15, 0.2) is 59.5 Å². The Balaban J connectivity index is 0.00000260. The molecule has 1 aliphatic heterocycles. The van der Waals surface area contributed by atoms with Crippen LogP contribution >= 0.6 is 0 Å². The highest BCUT2D eigenvalue weighted by Crippen LogP contribution is 2.22. The second kappa shape index (κ2) is 15.5. The molecule has 11 nitrogen and oxygen atoms in total. The van der Waals surface area contributed by atoms with Crippen LogP contribution in [0.25, 0.3) is 0 Å². The normalized spacial score (nSPS) is 16.7. The fourth-order valence-electron chi connectivity index (χ4n) is 4.00. The molecule has 1 fully saturated rings. The molecular weight excluding hydrogens is 526 g/mol. The van der Waals surface area contributed by atoms with E-state index in [1.165, 1.54) is 12.1 Å². The lowest BCUT2D eigenvalue weighted by atomic mass is 10.0. The molecule has 0 saturated carbocycles. The molecule has 1 amide bonds. The molecule has 39 heavy (non-hydrogen) atoms. The number of benzene rings is 2. The van der Waals surface area contributed by atoms with E-state index in [0.29, 0.717) is 19.6 Å². The number of amides is 1. The zero-order chi connectivity index (χ0) is 29.0. The zero-order valence-electron chi connectivity index (χ0n) is 22.9. The van der Waals surface area contributed by atoms with Gasteiger partial charge in [-0.2, -0.15) is 4.31 Å². The number of nitro groups is 1. The maximum atomic E-state index is 13.4. The molecule has 1 heterocycles. The third kappa shape index (κ3) is 9.88.